The van der Waals surface area contributed by atoms with Crippen molar-refractivity contribution in [3.8, 4) is 0 Å². The van der Waals surface area contributed by atoms with E-state index in [1.54, 1.807) is 6.92 Å². The Balaban J connectivity index is 1.70. The highest BCUT2D eigenvalue weighted by atomic mass is 32.2. The van der Waals surface area contributed by atoms with E-state index in [1.165, 1.54) is 7.05 Å². The second kappa shape index (κ2) is 5.49. The number of aromatic amines is 1. The molecule has 2 heterocycles. The van der Waals surface area contributed by atoms with Crippen LogP contribution in [0.5, 0.6) is 0 Å². The molecule has 2 aliphatic carbocycles. The summed E-state index contributed by atoms with van der Waals surface area (Å²) in [6, 6.07) is -1.23. The molecular formula is C18H26N4O5S. The number of H-pyrrole nitrogens is 1. The number of amides is 1. The number of hydrogen-bond acceptors (Lipinski definition) is 5. The van der Waals surface area contributed by atoms with E-state index >= 15 is 0 Å². The molecule has 4 atom stereocenters. The van der Waals surface area contributed by atoms with Crippen molar-refractivity contribution in [2.75, 3.05) is 5.75 Å². The van der Waals surface area contributed by atoms with E-state index in [9.17, 15) is 22.8 Å². The second-order valence-corrected chi connectivity index (χ2v) is 10.9. The molecule has 9 nitrogen and oxygen atoms in total. The third kappa shape index (κ3) is 2.12. The van der Waals surface area contributed by atoms with Gasteiger partial charge in [-0.2, -0.15) is 0 Å². The topological polar surface area (TPSA) is 114 Å². The molecule has 1 N–H and O–H groups in total. The summed E-state index contributed by atoms with van der Waals surface area (Å²) in [6.45, 7) is 9.55. The molecule has 1 spiro atoms. The zero-order chi connectivity index (χ0) is 20.8. The molecule has 1 aromatic rings. The van der Waals surface area contributed by atoms with Gasteiger partial charge in [0.2, 0.25) is 10.0 Å². The molecule has 10 heteroatoms. The van der Waals surface area contributed by atoms with E-state index in [1.807, 2.05) is 0 Å². The number of carbonyl (C=O) groups excluding carboxylic acids is 1. The Bertz CT molecular complexity index is 1110. The summed E-state index contributed by atoms with van der Waals surface area (Å²) < 4.78 is 28.9. The SMILES string of the molecule is C=C(C(=O)N1[C@@H]2CC3CC[C@]2(CS1(=O)=O)C3(C)C)[C@@H](C)n1[nH]c(=O)n(C)c1=O. The maximum absolute atomic E-state index is 13.2. The molecular weight excluding hydrogens is 384 g/mol. The monoisotopic (exact) mass is 410 g/mol. The second-order valence-electron chi connectivity index (χ2n) is 9.05. The van der Waals surface area contributed by atoms with Gasteiger partial charge in [-0.25, -0.2) is 36.7 Å². The quantitative estimate of drug-likeness (QED) is 0.723. The number of aromatic nitrogens is 3. The van der Waals surface area contributed by atoms with E-state index < -0.39 is 38.8 Å². The lowest BCUT2D eigenvalue weighted by Crippen LogP contribution is -2.45. The van der Waals surface area contributed by atoms with Crippen LogP contribution in [0.25, 0.3) is 0 Å². The van der Waals surface area contributed by atoms with Gasteiger partial charge in [0.15, 0.2) is 0 Å². The zero-order valence-corrected chi connectivity index (χ0v) is 17.4. The third-order valence-electron chi connectivity index (χ3n) is 7.79. The van der Waals surface area contributed by atoms with E-state index in [-0.39, 0.29) is 22.8 Å². The minimum Gasteiger partial charge on any atom is -0.268 e. The number of rotatable bonds is 3. The lowest BCUT2D eigenvalue weighted by molar-refractivity contribution is -0.125. The Kier molecular flexibility index (Phi) is 3.77. The molecule has 4 rings (SSSR count). The van der Waals surface area contributed by atoms with Crippen molar-refractivity contribution < 1.29 is 13.2 Å². The normalized spacial score (nSPS) is 33.1. The van der Waals surface area contributed by atoms with Crippen LogP contribution in [0.3, 0.4) is 0 Å². The molecule has 2 saturated carbocycles. The average molecular weight is 410 g/mol. The van der Waals surface area contributed by atoms with Gasteiger partial charge in [-0.3, -0.25) is 4.79 Å². The van der Waals surface area contributed by atoms with Gasteiger partial charge < -0.3 is 0 Å². The van der Waals surface area contributed by atoms with E-state index in [4.69, 9.17) is 0 Å². The summed E-state index contributed by atoms with van der Waals surface area (Å²) >= 11 is 0. The van der Waals surface area contributed by atoms with E-state index in [2.05, 4.69) is 25.5 Å². The van der Waals surface area contributed by atoms with Crippen molar-refractivity contribution in [1.82, 2.24) is 18.7 Å². The summed E-state index contributed by atoms with van der Waals surface area (Å²) in [5.74, 6) is -0.319. The maximum atomic E-state index is 13.2. The molecule has 1 saturated heterocycles. The van der Waals surface area contributed by atoms with Crippen LogP contribution in [0.1, 0.15) is 46.1 Å². The highest BCUT2D eigenvalue weighted by Gasteiger charge is 2.72. The zero-order valence-electron chi connectivity index (χ0n) is 16.6. The first kappa shape index (κ1) is 19.2. The summed E-state index contributed by atoms with van der Waals surface area (Å²) in [4.78, 5) is 37.1. The highest BCUT2D eigenvalue weighted by molar-refractivity contribution is 7.90. The Morgan fingerprint density at radius 1 is 1.32 bits per heavy atom. The number of nitrogens with zero attached hydrogens (tertiary/aromatic N) is 3. The number of fused-ring (bicyclic) bond motifs is 1. The molecule has 3 aliphatic rings. The van der Waals surface area contributed by atoms with Gasteiger partial charge in [0.25, 0.3) is 5.91 Å². The smallest absolute Gasteiger partial charge is 0.268 e. The first-order valence-electron chi connectivity index (χ1n) is 9.48. The molecule has 28 heavy (non-hydrogen) atoms. The Morgan fingerprint density at radius 2 is 1.96 bits per heavy atom. The van der Waals surface area contributed by atoms with Crippen LogP contribution in [0.4, 0.5) is 0 Å². The Morgan fingerprint density at radius 3 is 2.50 bits per heavy atom. The average Bonchev–Trinajstić information content (AvgIpc) is 3.19. The predicted molar refractivity (Wildman–Crippen MR) is 102 cm³/mol. The molecule has 1 aromatic heterocycles. The van der Waals surface area contributed by atoms with Gasteiger partial charge in [0, 0.05) is 18.0 Å². The van der Waals surface area contributed by atoms with Gasteiger partial charge in [0.1, 0.15) is 0 Å². The standard InChI is InChI=1S/C18H26N4O5S/c1-10(11(2)21-16(25)20(5)15(24)19-21)14(23)22-13-8-12-6-7-18(13,17(12,3)4)9-28(22,26)27/h11-13H,1,6-9H2,2-5H3,(H,19,24)/t11-,12?,13-,18-/m1/s1. The fourth-order valence-corrected chi connectivity index (χ4v) is 8.31. The summed E-state index contributed by atoms with van der Waals surface area (Å²) in [7, 11) is -2.46. The van der Waals surface area contributed by atoms with Crippen LogP contribution < -0.4 is 11.4 Å². The lowest BCUT2D eigenvalue weighted by atomic mass is 9.69. The van der Waals surface area contributed by atoms with Crippen molar-refractivity contribution in [2.45, 2.75) is 52.1 Å². The van der Waals surface area contributed by atoms with E-state index in [0.29, 0.717) is 12.3 Å². The lowest BCUT2D eigenvalue weighted by Gasteiger charge is -2.37. The van der Waals surface area contributed by atoms with Gasteiger partial charge in [0.05, 0.1) is 17.8 Å². The van der Waals surface area contributed by atoms with Crippen LogP contribution in [0, 0.1) is 16.7 Å². The molecule has 1 aliphatic heterocycles. The van der Waals surface area contributed by atoms with Gasteiger partial charge >= 0.3 is 11.4 Å². The maximum Gasteiger partial charge on any atom is 0.347 e. The van der Waals surface area contributed by atoms with Crippen molar-refractivity contribution in [1.29, 1.82) is 0 Å². The van der Waals surface area contributed by atoms with Crippen LogP contribution in [-0.4, -0.2) is 44.8 Å². The minimum atomic E-state index is -3.78. The van der Waals surface area contributed by atoms with Gasteiger partial charge in [-0.1, -0.05) is 20.4 Å². The van der Waals surface area contributed by atoms with Crippen molar-refractivity contribution >= 4 is 15.9 Å². The summed E-state index contributed by atoms with van der Waals surface area (Å²) in [5.41, 5.74) is -1.83. The number of sulfonamides is 1. The van der Waals surface area contributed by atoms with Crippen molar-refractivity contribution in [2.24, 2.45) is 23.8 Å². The Hall–Kier alpha value is -2.10. The number of nitrogens with one attached hydrogen (secondary N) is 1. The predicted octanol–water partition coefficient (Wildman–Crippen LogP) is 0.359. The largest absolute Gasteiger partial charge is 0.347 e. The van der Waals surface area contributed by atoms with Crippen LogP contribution >= 0.6 is 0 Å². The Labute approximate surface area is 163 Å². The molecule has 3 fully saturated rings. The first-order valence-corrected chi connectivity index (χ1v) is 11.1. The van der Waals surface area contributed by atoms with Crippen LogP contribution in [0.2, 0.25) is 0 Å². The van der Waals surface area contributed by atoms with Crippen LogP contribution in [-0.2, 0) is 21.9 Å². The molecule has 0 radical (unpaired) electrons. The number of hydrogen-bond donors (Lipinski definition) is 1. The first-order chi connectivity index (χ1) is 12.8. The van der Waals surface area contributed by atoms with Crippen LogP contribution in [0.15, 0.2) is 21.7 Å². The number of carbonyl (C=O) groups is 1. The fourth-order valence-electron chi connectivity index (χ4n) is 5.77. The molecule has 154 valence electrons. The fraction of sp³-hybridized carbons (Fsp3) is 0.722. The van der Waals surface area contributed by atoms with Crippen molar-refractivity contribution in [3.05, 3.63) is 33.1 Å². The molecule has 1 unspecified atom stereocenters. The third-order valence-corrected chi connectivity index (χ3v) is 9.69. The highest BCUT2D eigenvalue weighted by Crippen LogP contribution is 2.70. The molecule has 2 bridgehead atoms. The summed E-state index contributed by atoms with van der Waals surface area (Å²) in [6.07, 6.45) is 2.45. The molecule has 0 aromatic carbocycles. The minimum absolute atomic E-state index is 0.0241. The summed E-state index contributed by atoms with van der Waals surface area (Å²) in [5, 5.41) is 2.38. The van der Waals surface area contributed by atoms with E-state index in [0.717, 1.165) is 26.4 Å². The van der Waals surface area contributed by atoms with Gasteiger partial charge in [-0.05, 0) is 37.5 Å². The molecule has 1 amide bonds. The van der Waals surface area contributed by atoms with Crippen molar-refractivity contribution in [3.63, 3.8) is 0 Å². The van der Waals surface area contributed by atoms with Gasteiger partial charge in [-0.15, -0.1) is 0 Å².